The number of aryl methyl sites for hydroxylation is 1. The van der Waals surface area contributed by atoms with E-state index in [4.69, 9.17) is 0 Å². The maximum Gasteiger partial charge on any atom is 0.223 e. The van der Waals surface area contributed by atoms with E-state index < -0.39 is 0 Å². The third kappa shape index (κ3) is 7.46. The van der Waals surface area contributed by atoms with E-state index in [-0.39, 0.29) is 11.8 Å². The van der Waals surface area contributed by atoms with Gasteiger partial charge in [-0.3, -0.25) is 9.79 Å². The van der Waals surface area contributed by atoms with Crippen LogP contribution in [0.5, 0.6) is 0 Å². The molecule has 144 valence electrons. The summed E-state index contributed by atoms with van der Waals surface area (Å²) in [6.07, 6.45) is 4.15. The van der Waals surface area contributed by atoms with Gasteiger partial charge in [0.2, 0.25) is 5.91 Å². The molecule has 1 aromatic carbocycles. The van der Waals surface area contributed by atoms with Gasteiger partial charge >= 0.3 is 0 Å². The van der Waals surface area contributed by atoms with Crippen LogP contribution in [0.15, 0.2) is 29.3 Å². The number of hydrogen-bond donors (Lipinski definition) is 3. The summed E-state index contributed by atoms with van der Waals surface area (Å²) in [5.74, 6) is 1.86. The van der Waals surface area contributed by atoms with Crippen LogP contribution in [0, 0.1) is 5.92 Å². The fourth-order valence-corrected chi connectivity index (χ4v) is 2.74. The van der Waals surface area contributed by atoms with Gasteiger partial charge in [-0.25, -0.2) is 0 Å². The Bertz CT molecular complexity index is 576. The molecule has 1 aliphatic carbocycles. The minimum absolute atomic E-state index is 0.192. The molecule has 1 fully saturated rings. The normalized spacial score (nSPS) is 14.4. The van der Waals surface area contributed by atoms with Crippen molar-refractivity contribution in [2.45, 2.75) is 52.4 Å². The maximum absolute atomic E-state index is 11.6. The summed E-state index contributed by atoms with van der Waals surface area (Å²) in [6.45, 7) is 9.45. The number of guanidine groups is 1. The van der Waals surface area contributed by atoms with Gasteiger partial charge in [0, 0.05) is 32.1 Å². The van der Waals surface area contributed by atoms with Crippen molar-refractivity contribution in [3.05, 3.63) is 35.4 Å². The summed E-state index contributed by atoms with van der Waals surface area (Å²) < 4.78 is 0. The van der Waals surface area contributed by atoms with Crippen LogP contribution in [-0.2, 0) is 11.2 Å². The van der Waals surface area contributed by atoms with Crippen molar-refractivity contribution in [2.75, 3.05) is 26.2 Å². The van der Waals surface area contributed by atoms with Crippen molar-refractivity contribution in [2.24, 2.45) is 10.9 Å². The number of hydrogen-bond acceptors (Lipinski definition) is 2. The van der Waals surface area contributed by atoms with Gasteiger partial charge in [0.15, 0.2) is 5.96 Å². The quantitative estimate of drug-likeness (QED) is 0.342. The van der Waals surface area contributed by atoms with Crippen molar-refractivity contribution in [1.29, 1.82) is 0 Å². The van der Waals surface area contributed by atoms with E-state index in [0.717, 1.165) is 44.7 Å². The summed E-state index contributed by atoms with van der Waals surface area (Å²) in [5.41, 5.74) is 2.75. The SMILES string of the molecule is CCNC(=NCCCc1ccc(C(C)C)cc1)NCCNC(=O)C1CC1. The first-order valence-corrected chi connectivity index (χ1v) is 9.99. The zero-order chi connectivity index (χ0) is 18.8. The Hall–Kier alpha value is -2.04. The van der Waals surface area contributed by atoms with Gasteiger partial charge in [-0.2, -0.15) is 0 Å². The predicted octanol–water partition coefficient (Wildman–Crippen LogP) is 2.82. The molecule has 0 spiro atoms. The fraction of sp³-hybridized carbons (Fsp3) is 0.619. The first kappa shape index (κ1) is 20.3. The van der Waals surface area contributed by atoms with Gasteiger partial charge in [-0.05, 0) is 49.7 Å². The Kier molecular flexibility index (Phi) is 8.45. The second-order valence-electron chi connectivity index (χ2n) is 7.25. The minimum atomic E-state index is 0.192. The number of benzene rings is 1. The number of amides is 1. The number of nitrogens with zero attached hydrogens (tertiary/aromatic N) is 1. The number of aliphatic imine (C=N–C) groups is 1. The van der Waals surface area contributed by atoms with E-state index in [0.29, 0.717) is 19.0 Å². The van der Waals surface area contributed by atoms with Crippen LogP contribution < -0.4 is 16.0 Å². The second-order valence-corrected chi connectivity index (χ2v) is 7.25. The van der Waals surface area contributed by atoms with Gasteiger partial charge in [-0.15, -0.1) is 0 Å². The number of rotatable bonds is 10. The highest BCUT2D eigenvalue weighted by Crippen LogP contribution is 2.28. The van der Waals surface area contributed by atoms with Crippen LogP contribution in [0.4, 0.5) is 0 Å². The van der Waals surface area contributed by atoms with Gasteiger partial charge in [0.1, 0.15) is 0 Å². The standard InChI is InChI=1S/C21H34N4O/c1-4-22-21(25-15-14-23-20(26)19-11-12-19)24-13-5-6-17-7-9-18(10-8-17)16(2)3/h7-10,16,19H,4-6,11-15H2,1-3H3,(H,23,26)(H2,22,24,25). The minimum Gasteiger partial charge on any atom is -0.357 e. The van der Waals surface area contributed by atoms with E-state index in [1.165, 1.54) is 11.1 Å². The first-order chi connectivity index (χ1) is 12.6. The van der Waals surface area contributed by atoms with Gasteiger partial charge in [0.25, 0.3) is 0 Å². The van der Waals surface area contributed by atoms with Gasteiger partial charge in [-0.1, -0.05) is 38.1 Å². The summed E-state index contributed by atoms with van der Waals surface area (Å²) in [5, 5.41) is 9.49. The Labute approximate surface area is 158 Å². The largest absolute Gasteiger partial charge is 0.357 e. The van der Waals surface area contributed by atoms with E-state index in [2.05, 4.69) is 66.0 Å². The summed E-state index contributed by atoms with van der Waals surface area (Å²) >= 11 is 0. The molecule has 0 saturated heterocycles. The molecule has 1 aromatic rings. The van der Waals surface area contributed by atoms with Crippen molar-refractivity contribution in [3.63, 3.8) is 0 Å². The molecule has 26 heavy (non-hydrogen) atoms. The monoisotopic (exact) mass is 358 g/mol. The number of nitrogens with one attached hydrogen (secondary N) is 3. The number of carbonyl (C=O) groups is 1. The highest BCUT2D eigenvalue weighted by molar-refractivity contribution is 5.81. The van der Waals surface area contributed by atoms with E-state index in [1.54, 1.807) is 0 Å². The lowest BCUT2D eigenvalue weighted by molar-refractivity contribution is -0.122. The van der Waals surface area contributed by atoms with Crippen LogP contribution in [0.25, 0.3) is 0 Å². The predicted molar refractivity (Wildman–Crippen MR) is 109 cm³/mol. The molecule has 2 rings (SSSR count). The van der Waals surface area contributed by atoms with Crippen LogP contribution >= 0.6 is 0 Å². The molecule has 0 heterocycles. The lowest BCUT2D eigenvalue weighted by atomic mass is 10.0. The van der Waals surface area contributed by atoms with Gasteiger partial charge < -0.3 is 16.0 Å². The Balaban J connectivity index is 1.65. The molecule has 5 heteroatoms. The van der Waals surface area contributed by atoms with E-state index in [9.17, 15) is 4.79 Å². The molecule has 3 N–H and O–H groups in total. The highest BCUT2D eigenvalue weighted by atomic mass is 16.2. The Morgan fingerprint density at radius 2 is 1.81 bits per heavy atom. The second kappa shape index (κ2) is 10.8. The third-order valence-corrected chi connectivity index (χ3v) is 4.55. The number of carbonyl (C=O) groups excluding carboxylic acids is 1. The summed E-state index contributed by atoms with van der Waals surface area (Å²) in [4.78, 5) is 16.2. The van der Waals surface area contributed by atoms with Crippen LogP contribution in [0.1, 0.15) is 57.1 Å². The molecule has 0 aromatic heterocycles. The lowest BCUT2D eigenvalue weighted by Crippen LogP contribution is -2.41. The topological polar surface area (TPSA) is 65.5 Å². The molecule has 0 radical (unpaired) electrons. The van der Waals surface area contributed by atoms with E-state index >= 15 is 0 Å². The molecule has 0 atom stereocenters. The maximum atomic E-state index is 11.6. The molecule has 5 nitrogen and oxygen atoms in total. The average molecular weight is 359 g/mol. The molecule has 0 unspecified atom stereocenters. The smallest absolute Gasteiger partial charge is 0.223 e. The first-order valence-electron chi connectivity index (χ1n) is 9.99. The van der Waals surface area contributed by atoms with Crippen molar-refractivity contribution < 1.29 is 4.79 Å². The van der Waals surface area contributed by atoms with Gasteiger partial charge in [0.05, 0.1) is 0 Å². The van der Waals surface area contributed by atoms with Crippen LogP contribution in [0.3, 0.4) is 0 Å². The van der Waals surface area contributed by atoms with Crippen LogP contribution in [0.2, 0.25) is 0 Å². The van der Waals surface area contributed by atoms with Crippen molar-refractivity contribution >= 4 is 11.9 Å². The lowest BCUT2D eigenvalue weighted by Gasteiger charge is -2.12. The summed E-state index contributed by atoms with van der Waals surface area (Å²) in [7, 11) is 0. The molecule has 1 aliphatic rings. The summed E-state index contributed by atoms with van der Waals surface area (Å²) in [6, 6.07) is 8.91. The highest BCUT2D eigenvalue weighted by Gasteiger charge is 2.28. The molecule has 0 aliphatic heterocycles. The molecule has 1 amide bonds. The zero-order valence-electron chi connectivity index (χ0n) is 16.5. The van der Waals surface area contributed by atoms with Crippen molar-refractivity contribution in [3.8, 4) is 0 Å². The Morgan fingerprint density at radius 1 is 1.12 bits per heavy atom. The Morgan fingerprint density at radius 3 is 2.42 bits per heavy atom. The molecular weight excluding hydrogens is 324 g/mol. The van der Waals surface area contributed by atoms with Crippen molar-refractivity contribution in [1.82, 2.24) is 16.0 Å². The zero-order valence-corrected chi connectivity index (χ0v) is 16.5. The fourth-order valence-electron chi connectivity index (χ4n) is 2.74. The van der Waals surface area contributed by atoms with E-state index in [1.807, 2.05) is 0 Å². The van der Waals surface area contributed by atoms with Crippen LogP contribution in [-0.4, -0.2) is 38.0 Å². The third-order valence-electron chi connectivity index (χ3n) is 4.55. The molecule has 0 bridgehead atoms. The molecular formula is C21H34N4O. The average Bonchev–Trinajstić information content (AvgIpc) is 3.47. The molecule has 1 saturated carbocycles.